The van der Waals surface area contributed by atoms with Crippen LogP contribution in [0.5, 0.6) is 0 Å². The number of hydrogen-bond donors (Lipinski definition) is 2. The van der Waals surface area contributed by atoms with Crippen molar-refractivity contribution in [3.8, 4) is 0 Å². The van der Waals surface area contributed by atoms with E-state index in [1.165, 1.54) is 0 Å². The van der Waals surface area contributed by atoms with Crippen molar-refractivity contribution in [3.63, 3.8) is 0 Å². The zero-order valence-corrected chi connectivity index (χ0v) is 16.0. The molecule has 5 nitrogen and oxygen atoms in total. The maximum atomic E-state index is 13.0. The molecule has 1 aliphatic heterocycles. The predicted octanol–water partition coefficient (Wildman–Crippen LogP) is 3.18. The normalized spacial score (nSPS) is 35.3. The van der Waals surface area contributed by atoms with Gasteiger partial charge in [-0.05, 0) is 24.2 Å². The highest BCUT2D eigenvalue weighted by Gasteiger charge is 2.54. The van der Waals surface area contributed by atoms with Gasteiger partial charge in [0.25, 0.3) is 0 Å². The minimum Gasteiger partial charge on any atom is -0.514 e. The van der Waals surface area contributed by atoms with Crippen LogP contribution in [0, 0.1) is 23.2 Å². The molecule has 2 N–H and O–H groups in total. The second kappa shape index (κ2) is 7.57. The Labute approximate surface area is 156 Å². The number of aliphatic hydroxyl groups is 2. The third-order valence-electron chi connectivity index (χ3n) is 5.87. The van der Waals surface area contributed by atoms with E-state index in [1.807, 2.05) is 12.2 Å². The Morgan fingerprint density at radius 3 is 2.69 bits per heavy atom. The van der Waals surface area contributed by atoms with E-state index in [4.69, 9.17) is 4.74 Å². The molecule has 0 aromatic rings. The standard InChI is InChI=1S/C21H31NO4/c1-21(2,3)17-10-16(17)20(25)22-15(11-23)9-19(18(22)12-24)26-13-14-7-5-4-6-8-14/h4-7,11,14,16-19,23-24H,8-10,12-13H2,1-3H3/b15-11+/t14?,16?,17?,18-,19?/m1/s1. The first-order valence-corrected chi connectivity index (χ1v) is 9.59. The summed E-state index contributed by atoms with van der Waals surface area (Å²) >= 11 is 0. The van der Waals surface area contributed by atoms with Gasteiger partial charge in [-0.1, -0.05) is 45.1 Å². The summed E-state index contributed by atoms with van der Waals surface area (Å²) < 4.78 is 6.06. The first kappa shape index (κ1) is 19.2. The van der Waals surface area contributed by atoms with Crippen LogP contribution < -0.4 is 0 Å². The second-order valence-corrected chi connectivity index (χ2v) is 8.78. The molecule has 26 heavy (non-hydrogen) atoms. The number of allylic oxidation sites excluding steroid dienone is 3. The summed E-state index contributed by atoms with van der Waals surface area (Å²) in [6, 6.07) is -0.426. The maximum Gasteiger partial charge on any atom is 0.230 e. The van der Waals surface area contributed by atoms with Crippen LogP contribution in [-0.4, -0.2) is 46.4 Å². The van der Waals surface area contributed by atoms with Crippen LogP contribution in [0.25, 0.3) is 0 Å². The molecule has 0 spiro atoms. The number of likely N-dealkylation sites (tertiary alicyclic amines) is 1. The molecule has 0 bridgehead atoms. The maximum absolute atomic E-state index is 13.0. The molecule has 2 aliphatic carbocycles. The van der Waals surface area contributed by atoms with Crippen molar-refractivity contribution in [2.45, 2.75) is 52.2 Å². The zero-order valence-electron chi connectivity index (χ0n) is 16.0. The summed E-state index contributed by atoms with van der Waals surface area (Å²) in [6.45, 7) is 6.84. The molecule has 0 aromatic carbocycles. The SMILES string of the molecule is CC(C)(C)C1CC1C(=O)N1/C(=C/O)CC(OCC2C=CC=CC2)[C@H]1CO. The lowest BCUT2D eigenvalue weighted by molar-refractivity contribution is -0.135. The summed E-state index contributed by atoms with van der Waals surface area (Å²) in [5, 5.41) is 19.6. The lowest BCUT2D eigenvalue weighted by Gasteiger charge is -2.28. The quantitative estimate of drug-likeness (QED) is 0.738. The number of rotatable bonds is 5. The van der Waals surface area contributed by atoms with E-state index >= 15 is 0 Å². The Hall–Kier alpha value is -1.59. The highest BCUT2D eigenvalue weighted by atomic mass is 16.5. The van der Waals surface area contributed by atoms with Crippen LogP contribution in [0.4, 0.5) is 0 Å². The fourth-order valence-corrected chi connectivity index (χ4v) is 4.22. The van der Waals surface area contributed by atoms with Gasteiger partial charge in [0, 0.05) is 18.3 Å². The van der Waals surface area contributed by atoms with Crippen molar-refractivity contribution < 1.29 is 19.7 Å². The van der Waals surface area contributed by atoms with Gasteiger partial charge < -0.3 is 19.8 Å². The molecule has 3 aliphatic rings. The Balaban J connectivity index is 1.66. The van der Waals surface area contributed by atoms with E-state index in [0.717, 1.165) is 19.1 Å². The Bertz CT molecular complexity index is 616. The van der Waals surface area contributed by atoms with Gasteiger partial charge in [0.15, 0.2) is 0 Å². The first-order valence-electron chi connectivity index (χ1n) is 9.59. The third-order valence-corrected chi connectivity index (χ3v) is 5.87. The predicted molar refractivity (Wildman–Crippen MR) is 100 cm³/mol. The van der Waals surface area contributed by atoms with Crippen LogP contribution in [0.2, 0.25) is 0 Å². The van der Waals surface area contributed by atoms with Crippen molar-refractivity contribution >= 4 is 5.91 Å². The molecule has 0 radical (unpaired) electrons. The lowest BCUT2D eigenvalue weighted by atomic mass is 9.88. The molecule has 3 rings (SSSR count). The van der Waals surface area contributed by atoms with Gasteiger partial charge in [-0.25, -0.2) is 0 Å². The van der Waals surface area contributed by atoms with Crippen LogP contribution in [0.3, 0.4) is 0 Å². The topological polar surface area (TPSA) is 70.0 Å². The monoisotopic (exact) mass is 361 g/mol. The summed E-state index contributed by atoms with van der Waals surface area (Å²) in [5.74, 6) is 0.660. The van der Waals surface area contributed by atoms with Crippen molar-refractivity contribution in [3.05, 3.63) is 36.3 Å². The van der Waals surface area contributed by atoms with E-state index < -0.39 is 6.04 Å². The molecule has 1 heterocycles. The molecule has 5 heteroatoms. The van der Waals surface area contributed by atoms with E-state index in [-0.39, 0.29) is 30.0 Å². The Kier molecular flexibility index (Phi) is 5.58. The zero-order chi connectivity index (χ0) is 18.9. The van der Waals surface area contributed by atoms with Gasteiger partial charge in [0.2, 0.25) is 5.91 Å². The number of hydrogen-bond acceptors (Lipinski definition) is 4. The first-order chi connectivity index (χ1) is 12.4. The molecule has 1 amide bonds. The third kappa shape index (κ3) is 3.89. The lowest BCUT2D eigenvalue weighted by Crippen LogP contribution is -2.43. The number of carbonyl (C=O) groups excluding carboxylic acids is 1. The number of ether oxygens (including phenoxy) is 1. The molecule has 1 saturated carbocycles. The van der Waals surface area contributed by atoms with Crippen LogP contribution in [0.15, 0.2) is 36.3 Å². The summed E-state index contributed by atoms with van der Waals surface area (Å²) in [6.07, 6.45) is 11.3. The van der Waals surface area contributed by atoms with Crippen molar-refractivity contribution in [1.82, 2.24) is 4.90 Å². The number of nitrogens with zero attached hydrogens (tertiary/aromatic N) is 1. The Morgan fingerprint density at radius 1 is 1.38 bits per heavy atom. The molecule has 2 fully saturated rings. The average Bonchev–Trinajstić information content (AvgIpc) is 3.36. The van der Waals surface area contributed by atoms with Gasteiger partial charge in [0.05, 0.1) is 37.3 Å². The molecule has 4 unspecified atom stereocenters. The number of carbonyl (C=O) groups is 1. The number of amides is 1. The summed E-state index contributed by atoms with van der Waals surface area (Å²) in [5.41, 5.74) is 0.645. The summed E-state index contributed by atoms with van der Waals surface area (Å²) in [7, 11) is 0. The molecular formula is C21H31NO4. The van der Waals surface area contributed by atoms with Gasteiger partial charge >= 0.3 is 0 Å². The minimum atomic E-state index is -0.426. The fourth-order valence-electron chi connectivity index (χ4n) is 4.22. The van der Waals surface area contributed by atoms with Gasteiger partial charge in [-0.15, -0.1) is 0 Å². The van der Waals surface area contributed by atoms with Crippen LogP contribution in [-0.2, 0) is 9.53 Å². The fraction of sp³-hybridized carbons (Fsp3) is 0.667. The van der Waals surface area contributed by atoms with Gasteiger partial charge in [-0.2, -0.15) is 0 Å². The average molecular weight is 361 g/mol. The van der Waals surface area contributed by atoms with Gasteiger partial charge in [0.1, 0.15) is 0 Å². The number of aliphatic hydroxyl groups excluding tert-OH is 2. The van der Waals surface area contributed by atoms with Crippen molar-refractivity contribution in [1.29, 1.82) is 0 Å². The van der Waals surface area contributed by atoms with E-state index in [1.54, 1.807) is 4.90 Å². The largest absolute Gasteiger partial charge is 0.514 e. The van der Waals surface area contributed by atoms with Crippen molar-refractivity contribution in [2.24, 2.45) is 23.2 Å². The van der Waals surface area contributed by atoms with Crippen LogP contribution >= 0.6 is 0 Å². The smallest absolute Gasteiger partial charge is 0.230 e. The van der Waals surface area contributed by atoms with Gasteiger partial charge in [-0.3, -0.25) is 4.79 Å². The van der Waals surface area contributed by atoms with Crippen molar-refractivity contribution in [2.75, 3.05) is 13.2 Å². The molecule has 144 valence electrons. The molecule has 0 aromatic heterocycles. The van der Waals surface area contributed by atoms with E-state index in [0.29, 0.717) is 30.6 Å². The van der Waals surface area contributed by atoms with E-state index in [2.05, 4.69) is 32.9 Å². The van der Waals surface area contributed by atoms with Crippen LogP contribution in [0.1, 0.15) is 40.0 Å². The molecular weight excluding hydrogens is 330 g/mol. The Morgan fingerprint density at radius 2 is 2.15 bits per heavy atom. The molecule has 1 saturated heterocycles. The second-order valence-electron chi connectivity index (χ2n) is 8.78. The highest BCUT2D eigenvalue weighted by Crippen LogP contribution is 2.52. The highest BCUT2D eigenvalue weighted by molar-refractivity contribution is 5.84. The summed E-state index contributed by atoms with van der Waals surface area (Å²) in [4.78, 5) is 14.6. The van der Waals surface area contributed by atoms with E-state index in [9.17, 15) is 15.0 Å². The minimum absolute atomic E-state index is 0.0101. The molecule has 5 atom stereocenters.